The molecule has 0 aliphatic rings. The molecule has 0 aliphatic carbocycles. The van der Waals surface area contributed by atoms with E-state index in [0.717, 1.165) is 6.26 Å². The normalized spacial score (nSPS) is 12.8. The number of oxazole rings is 1. The highest BCUT2D eigenvalue weighted by atomic mass is 16.4. The molecule has 0 aliphatic heterocycles. The van der Waals surface area contributed by atoms with Crippen molar-refractivity contribution in [2.75, 3.05) is 7.05 Å². The Kier molecular flexibility index (Phi) is 3.02. The smallest absolute Gasteiger partial charge is 0.357 e. The Morgan fingerprint density at radius 3 is 3.00 bits per heavy atom. The zero-order chi connectivity index (χ0) is 9.84. The van der Waals surface area contributed by atoms with Gasteiger partial charge in [-0.1, -0.05) is 0 Å². The lowest BCUT2D eigenvalue weighted by Crippen LogP contribution is -2.23. The van der Waals surface area contributed by atoms with Crippen LogP contribution in [0.2, 0.25) is 0 Å². The van der Waals surface area contributed by atoms with Crippen LogP contribution in [0.5, 0.6) is 0 Å². The third-order valence-electron chi connectivity index (χ3n) is 1.74. The Hall–Kier alpha value is -1.36. The highest BCUT2D eigenvalue weighted by Gasteiger charge is 2.11. The molecule has 1 unspecified atom stereocenters. The largest absolute Gasteiger partial charge is 0.476 e. The fourth-order valence-electron chi connectivity index (χ4n) is 0.867. The van der Waals surface area contributed by atoms with Crippen LogP contribution < -0.4 is 5.32 Å². The summed E-state index contributed by atoms with van der Waals surface area (Å²) >= 11 is 0. The first kappa shape index (κ1) is 9.73. The number of likely N-dealkylation sites (N-methyl/N-ethyl adjacent to an activating group) is 1. The summed E-state index contributed by atoms with van der Waals surface area (Å²) in [5.41, 5.74) is -0.0432. The number of nitrogens with zero attached hydrogens (tertiary/aromatic N) is 1. The van der Waals surface area contributed by atoms with E-state index < -0.39 is 5.97 Å². The molecule has 5 nitrogen and oxygen atoms in total. The average molecular weight is 184 g/mol. The molecule has 1 heterocycles. The minimum atomic E-state index is -1.06. The van der Waals surface area contributed by atoms with Crippen LogP contribution in [0.25, 0.3) is 0 Å². The second-order valence-corrected chi connectivity index (χ2v) is 2.83. The van der Waals surface area contributed by atoms with Gasteiger partial charge < -0.3 is 14.8 Å². The lowest BCUT2D eigenvalue weighted by Gasteiger charge is -2.05. The Morgan fingerprint density at radius 1 is 1.85 bits per heavy atom. The SMILES string of the molecule is CNC(C)Cc1nc(C(=O)O)co1. The summed E-state index contributed by atoms with van der Waals surface area (Å²) in [7, 11) is 1.83. The maximum Gasteiger partial charge on any atom is 0.357 e. The highest BCUT2D eigenvalue weighted by molar-refractivity contribution is 5.84. The fraction of sp³-hybridized carbons (Fsp3) is 0.500. The minimum Gasteiger partial charge on any atom is -0.476 e. The maximum atomic E-state index is 10.4. The maximum absolute atomic E-state index is 10.4. The summed E-state index contributed by atoms with van der Waals surface area (Å²) in [6, 6.07) is 0.222. The van der Waals surface area contributed by atoms with E-state index in [4.69, 9.17) is 9.52 Å². The summed E-state index contributed by atoms with van der Waals surface area (Å²) in [6.45, 7) is 1.96. The molecule has 2 N–H and O–H groups in total. The van der Waals surface area contributed by atoms with Crippen molar-refractivity contribution < 1.29 is 14.3 Å². The van der Waals surface area contributed by atoms with Crippen molar-refractivity contribution in [3.63, 3.8) is 0 Å². The molecular weight excluding hydrogens is 172 g/mol. The quantitative estimate of drug-likeness (QED) is 0.713. The number of hydrogen-bond donors (Lipinski definition) is 2. The van der Waals surface area contributed by atoms with Crippen molar-refractivity contribution in [1.82, 2.24) is 10.3 Å². The van der Waals surface area contributed by atoms with Gasteiger partial charge in [0.2, 0.25) is 0 Å². The van der Waals surface area contributed by atoms with E-state index in [0.29, 0.717) is 12.3 Å². The second kappa shape index (κ2) is 4.04. The third kappa shape index (κ3) is 2.55. The van der Waals surface area contributed by atoms with E-state index in [1.807, 2.05) is 14.0 Å². The van der Waals surface area contributed by atoms with Gasteiger partial charge in [-0.2, -0.15) is 0 Å². The fourth-order valence-corrected chi connectivity index (χ4v) is 0.867. The predicted octanol–water partition coefficient (Wildman–Crippen LogP) is 0.523. The van der Waals surface area contributed by atoms with E-state index in [1.165, 1.54) is 0 Å². The zero-order valence-electron chi connectivity index (χ0n) is 7.57. The molecule has 0 radical (unpaired) electrons. The topological polar surface area (TPSA) is 75.4 Å². The van der Waals surface area contributed by atoms with Crippen LogP contribution in [0.1, 0.15) is 23.3 Å². The zero-order valence-corrected chi connectivity index (χ0v) is 7.57. The molecule has 0 amide bonds. The van der Waals surface area contributed by atoms with Crippen LogP contribution in [-0.4, -0.2) is 29.1 Å². The van der Waals surface area contributed by atoms with Crippen LogP contribution >= 0.6 is 0 Å². The van der Waals surface area contributed by atoms with Gasteiger partial charge in [-0.15, -0.1) is 0 Å². The molecular formula is C8H12N2O3. The highest BCUT2D eigenvalue weighted by Crippen LogP contribution is 2.04. The lowest BCUT2D eigenvalue weighted by molar-refractivity contribution is 0.0690. The molecule has 1 atom stereocenters. The van der Waals surface area contributed by atoms with E-state index in [2.05, 4.69) is 10.3 Å². The van der Waals surface area contributed by atoms with Crippen molar-refractivity contribution in [3.05, 3.63) is 17.8 Å². The predicted molar refractivity (Wildman–Crippen MR) is 45.7 cm³/mol. The number of carbonyl (C=O) groups is 1. The molecule has 1 aromatic heterocycles. The van der Waals surface area contributed by atoms with Gasteiger partial charge in [-0.3, -0.25) is 0 Å². The molecule has 1 aromatic rings. The Morgan fingerprint density at radius 2 is 2.54 bits per heavy atom. The van der Waals surface area contributed by atoms with Gasteiger partial charge in [0, 0.05) is 12.5 Å². The number of carboxylic acid groups (broad SMARTS) is 1. The number of rotatable bonds is 4. The standard InChI is InChI=1S/C8H12N2O3/c1-5(9-2)3-7-10-6(4-13-7)8(11)12/h4-5,9H,3H2,1-2H3,(H,11,12). The molecule has 0 spiro atoms. The molecule has 72 valence electrons. The molecule has 0 aromatic carbocycles. The van der Waals surface area contributed by atoms with E-state index in [-0.39, 0.29) is 11.7 Å². The Balaban J connectivity index is 2.64. The molecule has 0 saturated carbocycles. The van der Waals surface area contributed by atoms with Gasteiger partial charge in [0.25, 0.3) is 0 Å². The van der Waals surface area contributed by atoms with Crippen molar-refractivity contribution in [3.8, 4) is 0 Å². The van der Waals surface area contributed by atoms with Crippen molar-refractivity contribution in [1.29, 1.82) is 0 Å². The molecule has 0 fully saturated rings. The van der Waals surface area contributed by atoms with Gasteiger partial charge in [-0.05, 0) is 14.0 Å². The van der Waals surface area contributed by atoms with E-state index in [1.54, 1.807) is 0 Å². The molecule has 1 rings (SSSR count). The second-order valence-electron chi connectivity index (χ2n) is 2.83. The van der Waals surface area contributed by atoms with Crippen LogP contribution in [0.15, 0.2) is 10.7 Å². The average Bonchev–Trinajstić information content (AvgIpc) is 2.52. The van der Waals surface area contributed by atoms with Crippen LogP contribution in [0.3, 0.4) is 0 Å². The van der Waals surface area contributed by atoms with Gasteiger partial charge in [0.05, 0.1) is 0 Å². The van der Waals surface area contributed by atoms with Crippen LogP contribution in [-0.2, 0) is 6.42 Å². The number of hydrogen-bond acceptors (Lipinski definition) is 4. The van der Waals surface area contributed by atoms with E-state index in [9.17, 15) is 4.79 Å². The summed E-state index contributed by atoms with van der Waals surface area (Å²) in [6.07, 6.45) is 1.74. The van der Waals surface area contributed by atoms with Gasteiger partial charge in [0.15, 0.2) is 11.6 Å². The Labute approximate surface area is 75.8 Å². The first-order valence-electron chi connectivity index (χ1n) is 3.98. The Bertz CT molecular complexity index is 295. The van der Waals surface area contributed by atoms with Crippen LogP contribution in [0, 0.1) is 0 Å². The summed E-state index contributed by atoms with van der Waals surface area (Å²) < 4.78 is 4.97. The molecule has 0 saturated heterocycles. The summed E-state index contributed by atoms with van der Waals surface area (Å²) in [5, 5.41) is 11.6. The molecule has 13 heavy (non-hydrogen) atoms. The number of carboxylic acids is 1. The van der Waals surface area contributed by atoms with Crippen molar-refractivity contribution in [2.45, 2.75) is 19.4 Å². The molecule has 5 heteroatoms. The van der Waals surface area contributed by atoms with E-state index >= 15 is 0 Å². The first-order valence-corrected chi connectivity index (χ1v) is 3.98. The lowest BCUT2D eigenvalue weighted by atomic mass is 10.2. The number of aromatic nitrogens is 1. The number of nitrogens with one attached hydrogen (secondary N) is 1. The van der Waals surface area contributed by atoms with Crippen molar-refractivity contribution >= 4 is 5.97 Å². The summed E-state index contributed by atoms with van der Waals surface area (Å²) in [4.78, 5) is 14.2. The molecule has 0 bridgehead atoms. The third-order valence-corrected chi connectivity index (χ3v) is 1.74. The number of aromatic carboxylic acids is 1. The van der Waals surface area contributed by atoms with Gasteiger partial charge in [-0.25, -0.2) is 9.78 Å². The summed E-state index contributed by atoms with van der Waals surface area (Å²) in [5.74, 6) is -0.619. The van der Waals surface area contributed by atoms with Crippen molar-refractivity contribution in [2.24, 2.45) is 0 Å². The first-order chi connectivity index (χ1) is 6.13. The monoisotopic (exact) mass is 184 g/mol. The minimum absolute atomic E-state index is 0.0432. The van der Waals surface area contributed by atoms with Gasteiger partial charge in [0.1, 0.15) is 6.26 Å². The van der Waals surface area contributed by atoms with Gasteiger partial charge >= 0.3 is 5.97 Å². The van der Waals surface area contributed by atoms with Crippen LogP contribution in [0.4, 0.5) is 0 Å².